The highest BCUT2D eigenvalue weighted by Gasteiger charge is 2.26. The largest absolute Gasteiger partial charge is 0.394 e. The second-order valence-electron chi connectivity index (χ2n) is 4.47. The van der Waals surface area contributed by atoms with Crippen LogP contribution < -0.4 is 5.32 Å². The van der Waals surface area contributed by atoms with Crippen molar-refractivity contribution in [3.63, 3.8) is 0 Å². The predicted molar refractivity (Wildman–Crippen MR) is 64.3 cm³/mol. The van der Waals surface area contributed by atoms with E-state index in [0.29, 0.717) is 6.04 Å². The van der Waals surface area contributed by atoms with Crippen LogP contribution in [-0.4, -0.2) is 22.7 Å². The molecule has 84 valence electrons. The Balaban J connectivity index is 1.95. The summed E-state index contributed by atoms with van der Waals surface area (Å²) >= 11 is 0. The third-order valence-electron chi connectivity index (χ3n) is 3.19. The fourth-order valence-corrected chi connectivity index (χ4v) is 2.16. The van der Waals surface area contributed by atoms with Crippen LogP contribution in [0.4, 0.5) is 0 Å². The molecule has 0 aliphatic heterocycles. The number of benzene rings is 1. The molecule has 0 radical (unpaired) electrons. The SMILES string of the molecule is OCC(NC1CC1)c1c[nH]c2ccccc12. The van der Waals surface area contributed by atoms with Crippen molar-refractivity contribution in [1.29, 1.82) is 0 Å². The molecule has 1 aromatic carbocycles. The van der Waals surface area contributed by atoms with Crippen LogP contribution in [0.2, 0.25) is 0 Å². The molecule has 1 fully saturated rings. The number of rotatable bonds is 4. The number of fused-ring (bicyclic) bond motifs is 1. The first kappa shape index (κ1) is 9.87. The van der Waals surface area contributed by atoms with Crippen LogP contribution in [0.5, 0.6) is 0 Å². The molecule has 3 N–H and O–H groups in total. The second-order valence-corrected chi connectivity index (χ2v) is 4.47. The molecule has 1 aromatic heterocycles. The van der Waals surface area contributed by atoms with Gasteiger partial charge in [0, 0.05) is 23.1 Å². The zero-order chi connectivity index (χ0) is 11.0. The normalized spacial score (nSPS) is 17.8. The van der Waals surface area contributed by atoms with Crippen molar-refractivity contribution in [2.75, 3.05) is 6.61 Å². The van der Waals surface area contributed by atoms with E-state index in [1.54, 1.807) is 0 Å². The zero-order valence-corrected chi connectivity index (χ0v) is 9.11. The van der Waals surface area contributed by atoms with Crippen molar-refractivity contribution >= 4 is 10.9 Å². The van der Waals surface area contributed by atoms with Crippen LogP contribution in [0.1, 0.15) is 24.4 Å². The number of aliphatic hydroxyl groups is 1. The van der Waals surface area contributed by atoms with Gasteiger partial charge in [-0.1, -0.05) is 18.2 Å². The number of hydrogen-bond acceptors (Lipinski definition) is 2. The van der Waals surface area contributed by atoms with Crippen molar-refractivity contribution < 1.29 is 5.11 Å². The minimum absolute atomic E-state index is 0.0589. The molecule has 3 heteroatoms. The second kappa shape index (κ2) is 3.92. The van der Waals surface area contributed by atoms with Gasteiger partial charge in [-0.3, -0.25) is 0 Å². The summed E-state index contributed by atoms with van der Waals surface area (Å²) in [7, 11) is 0. The molecule has 1 atom stereocenters. The van der Waals surface area contributed by atoms with Gasteiger partial charge in [-0.25, -0.2) is 0 Å². The maximum Gasteiger partial charge on any atom is 0.0627 e. The van der Waals surface area contributed by atoms with Gasteiger partial charge in [-0.15, -0.1) is 0 Å². The molecule has 1 saturated carbocycles. The summed E-state index contributed by atoms with van der Waals surface area (Å²) < 4.78 is 0. The van der Waals surface area contributed by atoms with Gasteiger partial charge >= 0.3 is 0 Å². The van der Waals surface area contributed by atoms with Gasteiger partial charge in [0.15, 0.2) is 0 Å². The summed E-state index contributed by atoms with van der Waals surface area (Å²) in [5.41, 5.74) is 2.30. The Morgan fingerprint density at radius 3 is 2.94 bits per heavy atom. The first-order chi connectivity index (χ1) is 7.88. The lowest BCUT2D eigenvalue weighted by molar-refractivity contribution is 0.244. The molecule has 0 spiro atoms. The van der Waals surface area contributed by atoms with E-state index in [9.17, 15) is 5.11 Å². The van der Waals surface area contributed by atoms with Crippen molar-refractivity contribution in [3.05, 3.63) is 36.0 Å². The molecule has 3 rings (SSSR count). The molecule has 16 heavy (non-hydrogen) atoms. The van der Waals surface area contributed by atoms with E-state index in [1.807, 2.05) is 18.3 Å². The van der Waals surface area contributed by atoms with Crippen molar-refractivity contribution in [2.45, 2.75) is 24.9 Å². The lowest BCUT2D eigenvalue weighted by atomic mass is 10.1. The standard InChI is InChI=1S/C13H16N2O/c16-8-13(15-9-5-6-9)11-7-14-12-4-2-1-3-10(11)12/h1-4,7,9,13-16H,5-6,8H2. The maximum absolute atomic E-state index is 9.46. The number of aromatic amines is 1. The van der Waals surface area contributed by atoms with E-state index < -0.39 is 0 Å². The van der Waals surface area contributed by atoms with E-state index >= 15 is 0 Å². The van der Waals surface area contributed by atoms with E-state index in [1.165, 1.54) is 23.8 Å². The van der Waals surface area contributed by atoms with Gasteiger partial charge in [0.05, 0.1) is 12.6 Å². The molecule has 0 amide bonds. The van der Waals surface area contributed by atoms with Crippen molar-refractivity contribution in [3.8, 4) is 0 Å². The summed E-state index contributed by atoms with van der Waals surface area (Å²) in [6, 6.07) is 8.87. The third kappa shape index (κ3) is 1.72. The minimum Gasteiger partial charge on any atom is -0.394 e. The minimum atomic E-state index is 0.0589. The molecule has 2 aromatic rings. The van der Waals surface area contributed by atoms with Crippen molar-refractivity contribution in [2.24, 2.45) is 0 Å². The average Bonchev–Trinajstić information content (AvgIpc) is 3.04. The van der Waals surface area contributed by atoms with Crippen molar-refractivity contribution in [1.82, 2.24) is 10.3 Å². The highest BCUT2D eigenvalue weighted by atomic mass is 16.3. The van der Waals surface area contributed by atoms with Gasteiger partial charge in [-0.05, 0) is 24.5 Å². The lowest BCUT2D eigenvalue weighted by Gasteiger charge is -2.15. The molecule has 1 aliphatic carbocycles. The summed E-state index contributed by atoms with van der Waals surface area (Å²) in [6.45, 7) is 0.151. The number of aromatic nitrogens is 1. The molecule has 3 nitrogen and oxygen atoms in total. The molecular formula is C13H16N2O. The van der Waals surface area contributed by atoms with Crippen LogP contribution >= 0.6 is 0 Å². The summed E-state index contributed by atoms with van der Waals surface area (Å²) in [4.78, 5) is 3.25. The lowest BCUT2D eigenvalue weighted by Crippen LogP contribution is -2.26. The Morgan fingerprint density at radius 2 is 2.19 bits per heavy atom. The van der Waals surface area contributed by atoms with E-state index in [0.717, 1.165) is 5.52 Å². The Morgan fingerprint density at radius 1 is 1.38 bits per heavy atom. The number of H-pyrrole nitrogens is 1. The Labute approximate surface area is 94.5 Å². The summed E-state index contributed by atoms with van der Waals surface area (Å²) in [6.07, 6.45) is 4.47. The molecule has 1 heterocycles. The maximum atomic E-state index is 9.46. The first-order valence-corrected chi connectivity index (χ1v) is 5.81. The van der Waals surface area contributed by atoms with Crippen LogP contribution in [0, 0.1) is 0 Å². The molecule has 0 bridgehead atoms. The van der Waals surface area contributed by atoms with Crippen LogP contribution in [-0.2, 0) is 0 Å². The van der Waals surface area contributed by atoms with Gasteiger partial charge in [0.2, 0.25) is 0 Å². The highest BCUT2D eigenvalue weighted by molar-refractivity contribution is 5.83. The Hall–Kier alpha value is -1.32. The monoisotopic (exact) mass is 216 g/mol. The molecule has 0 saturated heterocycles. The average molecular weight is 216 g/mol. The fourth-order valence-electron chi connectivity index (χ4n) is 2.16. The van der Waals surface area contributed by atoms with E-state index in [4.69, 9.17) is 0 Å². The van der Waals surface area contributed by atoms with Gasteiger partial charge in [-0.2, -0.15) is 0 Å². The number of nitrogens with one attached hydrogen (secondary N) is 2. The summed E-state index contributed by atoms with van der Waals surface area (Å²) in [5.74, 6) is 0. The van der Waals surface area contributed by atoms with Gasteiger partial charge in [0.1, 0.15) is 0 Å². The highest BCUT2D eigenvalue weighted by Crippen LogP contribution is 2.28. The number of para-hydroxylation sites is 1. The third-order valence-corrected chi connectivity index (χ3v) is 3.19. The molecule has 1 aliphatic rings. The van der Waals surface area contributed by atoms with E-state index in [2.05, 4.69) is 22.4 Å². The van der Waals surface area contributed by atoms with Crippen LogP contribution in [0.3, 0.4) is 0 Å². The van der Waals surface area contributed by atoms with Crippen LogP contribution in [0.25, 0.3) is 10.9 Å². The molecule has 1 unspecified atom stereocenters. The Kier molecular flexibility index (Phi) is 2.42. The summed E-state index contributed by atoms with van der Waals surface area (Å²) in [5, 5.41) is 14.1. The van der Waals surface area contributed by atoms with Gasteiger partial charge in [0.25, 0.3) is 0 Å². The predicted octanol–water partition coefficient (Wildman–Crippen LogP) is 1.95. The Bertz CT molecular complexity index is 487. The van der Waals surface area contributed by atoms with Gasteiger partial charge < -0.3 is 15.4 Å². The fraction of sp³-hybridized carbons (Fsp3) is 0.385. The molecular weight excluding hydrogens is 200 g/mol. The zero-order valence-electron chi connectivity index (χ0n) is 9.11. The quantitative estimate of drug-likeness (QED) is 0.731. The van der Waals surface area contributed by atoms with E-state index in [-0.39, 0.29) is 12.6 Å². The topological polar surface area (TPSA) is 48.0 Å². The smallest absolute Gasteiger partial charge is 0.0627 e. The number of hydrogen-bond donors (Lipinski definition) is 3. The van der Waals surface area contributed by atoms with Crippen LogP contribution in [0.15, 0.2) is 30.5 Å². The first-order valence-electron chi connectivity index (χ1n) is 5.81. The number of aliphatic hydroxyl groups excluding tert-OH is 1.